The molecule has 0 saturated heterocycles. The molecule has 0 unspecified atom stereocenters. The number of hydrogen-bond acceptors (Lipinski definition) is 3. The van der Waals surface area contributed by atoms with Crippen LogP contribution in [0.15, 0.2) is 60.7 Å². The van der Waals surface area contributed by atoms with Gasteiger partial charge in [-0.3, -0.25) is 15.6 Å². The van der Waals surface area contributed by atoms with Gasteiger partial charge in [0.05, 0.1) is 5.69 Å². The predicted molar refractivity (Wildman–Crippen MR) is 112 cm³/mol. The van der Waals surface area contributed by atoms with Gasteiger partial charge in [0.2, 0.25) is 0 Å². The summed E-state index contributed by atoms with van der Waals surface area (Å²) in [5.41, 5.74) is 10.1. The molecule has 0 atom stereocenters. The summed E-state index contributed by atoms with van der Waals surface area (Å²) in [5, 5.41) is 8.00. The van der Waals surface area contributed by atoms with Crippen LogP contribution in [0.2, 0.25) is 0 Å². The topological polar surface area (TPSA) is 71.0 Å². The SMILES string of the molecule is O=C(NNC(=S)NCc1ccccc1)c1nn(-c2ccccc2)c2c1CCC2. The highest BCUT2D eigenvalue weighted by Gasteiger charge is 2.26. The molecule has 7 heteroatoms. The van der Waals surface area contributed by atoms with Crippen molar-refractivity contribution in [1.82, 2.24) is 25.9 Å². The number of thiocarbonyl (C=S) groups is 1. The molecule has 1 aromatic heterocycles. The molecule has 0 fully saturated rings. The second-order valence-electron chi connectivity index (χ2n) is 6.62. The van der Waals surface area contributed by atoms with Gasteiger partial charge in [0, 0.05) is 17.8 Å². The molecule has 1 amide bonds. The van der Waals surface area contributed by atoms with Crippen LogP contribution in [-0.2, 0) is 19.4 Å². The van der Waals surface area contributed by atoms with Gasteiger partial charge < -0.3 is 5.32 Å². The molecule has 0 bridgehead atoms. The molecule has 0 aliphatic heterocycles. The fourth-order valence-corrected chi connectivity index (χ4v) is 3.52. The number of nitrogens with zero attached hydrogens (tertiary/aromatic N) is 2. The molecule has 0 saturated carbocycles. The lowest BCUT2D eigenvalue weighted by Gasteiger charge is -2.11. The molecular formula is C21H21N5OS. The molecule has 3 aromatic rings. The second kappa shape index (κ2) is 8.22. The number of nitrogens with one attached hydrogen (secondary N) is 3. The van der Waals surface area contributed by atoms with Gasteiger partial charge in [0.1, 0.15) is 0 Å². The molecule has 0 radical (unpaired) electrons. The maximum atomic E-state index is 12.7. The fraction of sp³-hybridized carbons (Fsp3) is 0.190. The maximum absolute atomic E-state index is 12.7. The van der Waals surface area contributed by atoms with Crippen molar-refractivity contribution in [2.24, 2.45) is 0 Å². The molecule has 6 nitrogen and oxygen atoms in total. The van der Waals surface area contributed by atoms with Crippen LogP contribution in [0.5, 0.6) is 0 Å². The van der Waals surface area contributed by atoms with Crippen molar-refractivity contribution in [3.63, 3.8) is 0 Å². The van der Waals surface area contributed by atoms with Crippen LogP contribution in [0.3, 0.4) is 0 Å². The number of aromatic nitrogens is 2. The molecule has 3 N–H and O–H groups in total. The summed E-state index contributed by atoms with van der Waals surface area (Å²) in [5.74, 6) is -0.281. The number of benzene rings is 2. The minimum atomic E-state index is -0.281. The molecule has 1 heterocycles. The molecule has 28 heavy (non-hydrogen) atoms. The summed E-state index contributed by atoms with van der Waals surface area (Å²) in [6.07, 6.45) is 2.82. The number of amides is 1. The zero-order chi connectivity index (χ0) is 19.3. The standard InChI is InChI=1S/C21H21N5OS/c27-20(23-24-21(28)22-14-15-8-3-1-4-9-15)19-17-12-7-13-18(17)26(25-19)16-10-5-2-6-11-16/h1-6,8-11H,7,12-14H2,(H,23,27)(H2,22,24,28). The third kappa shape index (κ3) is 3.89. The van der Waals surface area contributed by atoms with Crippen LogP contribution in [-0.4, -0.2) is 20.8 Å². The minimum Gasteiger partial charge on any atom is -0.357 e. The van der Waals surface area contributed by atoms with Crippen LogP contribution >= 0.6 is 12.2 Å². The summed E-state index contributed by atoms with van der Waals surface area (Å²) in [6.45, 7) is 0.584. The third-order valence-corrected chi connectivity index (χ3v) is 4.98. The number of rotatable bonds is 4. The lowest BCUT2D eigenvalue weighted by molar-refractivity contribution is 0.0937. The first kappa shape index (κ1) is 18.2. The Morgan fingerprint density at radius 2 is 1.71 bits per heavy atom. The molecule has 1 aliphatic carbocycles. The van der Waals surface area contributed by atoms with E-state index in [2.05, 4.69) is 21.3 Å². The predicted octanol–water partition coefficient (Wildman–Crippen LogP) is 2.67. The van der Waals surface area contributed by atoms with Crippen LogP contribution < -0.4 is 16.2 Å². The van der Waals surface area contributed by atoms with E-state index in [0.29, 0.717) is 17.4 Å². The Hall–Kier alpha value is -3.19. The molecule has 1 aliphatic rings. The van der Waals surface area contributed by atoms with Crippen molar-refractivity contribution in [3.05, 3.63) is 83.2 Å². The zero-order valence-electron chi connectivity index (χ0n) is 15.3. The smallest absolute Gasteiger partial charge is 0.290 e. The monoisotopic (exact) mass is 391 g/mol. The van der Waals surface area contributed by atoms with E-state index in [9.17, 15) is 4.79 Å². The Bertz CT molecular complexity index is 985. The first-order valence-electron chi connectivity index (χ1n) is 9.26. The van der Waals surface area contributed by atoms with Gasteiger partial charge in [-0.2, -0.15) is 5.10 Å². The van der Waals surface area contributed by atoms with Crippen molar-refractivity contribution in [2.75, 3.05) is 0 Å². The van der Waals surface area contributed by atoms with E-state index >= 15 is 0 Å². The Kier molecular flexibility index (Phi) is 5.34. The highest BCUT2D eigenvalue weighted by molar-refractivity contribution is 7.80. The van der Waals surface area contributed by atoms with Gasteiger partial charge in [-0.15, -0.1) is 0 Å². The van der Waals surface area contributed by atoms with E-state index in [4.69, 9.17) is 12.2 Å². The van der Waals surface area contributed by atoms with Crippen molar-refractivity contribution in [2.45, 2.75) is 25.8 Å². The summed E-state index contributed by atoms with van der Waals surface area (Å²) >= 11 is 5.24. The summed E-state index contributed by atoms with van der Waals surface area (Å²) in [6, 6.07) is 19.8. The minimum absolute atomic E-state index is 0.281. The van der Waals surface area contributed by atoms with E-state index in [0.717, 1.165) is 41.8 Å². The lowest BCUT2D eigenvalue weighted by Crippen LogP contribution is -2.46. The average Bonchev–Trinajstić information content (AvgIpc) is 3.35. The van der Waals surface area contributed by atoms with Crippen molar-refractivity contribution >= 4 is 23.2 Å². The van der Waals surface area contributed by atoms with Gasteiger partial charge in [0.25, 0.3) is 5.91 Å². The quantitative estimate of drug-likeness (QED) is 0.471. The van der Waals surface area contributed by atoms with E-state index in [1.165, 1.54) is 0 Å². The Balaban J connectivity index is 1.41. The molecule has 4 rings (SSSR count). The molecule has 142 valence electrons. The third-order valence-electron chi connectivity index (χ3n) is 4.73. The number of carbonyl (C=O) groups excluding carboxylic acids is 1. The van der Waals surface area contributed by atoms with Gasteiger partial charge in [-0.25, -0.2) is 4.68 Å². The lowest BCUT2D eigenvalue weighted by atomic mass is 10.2. The molecular weight excluding hydrogens is 370 g/mol. The first-order chi connectivity index (χ1) is 13.7. The highest BCUT2D eigenvalue weighted by Crippen LogP contribution is 2.27. The van der Waals surface area contributed by atoms with Crippen LogP contribution in [0.25, 0.3) is 5.69 Å². The van der Waals surface area contributed by atoms with Gasteiger partial charge >= 0.3 is 0 Å². The number of para-hydroxylation sites is 1. The summed E-state index contributed by atoms with van der Waals surface area (Å²) in [7, 11) is 0. The van der Waals surface area contributed by atoms with Gasteiger partial charge in [-0.1, -0.05) is 48.5 Å². The Morgan fingerprint density at radius 1 is 1.00 bits per heavy atom. The van der Waals surface area contributed by atoms with Gasteiger partial charge in [0.15, 0.2) is 10.8 Å². The number of hydrogen-bond donors (Lipinski definition) is 3. The zero-order valence-corrected chi connectivity index (χ0v) is 16.1. The van der Waals surface area contributed by atoms with Crippen LogP contribution in [0.1, 0.15) is 33.7 Å². The van der Waals surface area contributed by atoms with Crippen molar-refractivity contribution < 1.29 is 4.79 Å². The molecule has 0 spiro atoms. The van der Waals surface area contributed by atoms with Crippen LogP contribution in [0, 0.1) is 0 Å². The van der Waals surface area contributed by atoms with Crippen LogP contribution in [0.4, 0.5) is 0 Å². The van der Waals surface area contributed by atoms with Crippen molar-refractivity contribution in [3.8, 4) is 5.69 Å². The number of carbonyl (C=O) groups is 1. The number of fused-ring (bicyclic) bond motifs is 1. The highest BCUT2D eigenvalue weighted by atomic mass is 32.1. The summed E-state index contributed by atoms with van der Waals surface area (Å²) < 4.78 is 1.88. The van der Waals surface area contributed by atoms with E-state index in [-0.39, 0.29) is 5.91 Å². The largest absolute Gasteiger partial charge is 0.357 e. The normalized spacial score (nSPS) is 12.3. The van der Waals surface area contributed by atoms with E-state index in [1.807, 2.05) is 65.3 Å². The first-order valence-corrected chi connectivity index (χ1v) is 9.67. The number of hydrazine groups is 1. The van der Waals surface area contributed by atoms with Crippen molar-refractivity contribution in [1.29, 1.82) is 0 Å². The molecule has 2 aromatic carbocycles. The van der Waals surface area contributed by atoms with E-state index < -0.39 is 0 Å². The fourth-order valence-electron chi connectivity index (χ4n) is 3.40. The maximum Gasteiger partial charge on any atom is 0.290 e. The van der Waals surface area contributed by atoms with E-state index in [1.54, 1.807) is 0 Å². The summed E-state index contributed by atoms with van der Waals surface area (Å²) in [4.78, 5) is 12.7. The Labute approximate surface area is 168 Å². The second-order valence-corrected chi connectivity index (χ2v) is 7.03. The van der Waals surface area contributed by atoms with Gasteiger partial charge in [-0.05, 0) is 49.2 Å². The average molecular weight is 392 g/mol. The Morgan fingerprint density at radius 3 is 2.46 bits per heavy atom.